The van der Waals surface area contributed by atoms with Gasteiger partial charge in [-0.3, -0.25) is 4.79 Å². The number of aliphatic hydroxyl groups excluding tert-OH is 1. The van der Waals surface area contributed by atoms with E-state index in [1.807, 2.05) is 12.1 Å². The number of halogens is 2. The van der Waals surface area contributed by atoms with Crippen LogP contribution in [-0.2, 0) is 11.2 Å². The summed E-state index contributed by atoms with van der Waals surface area (Å²) in [6, 6.07) is 16.3. The van der Waals surface area contributed by atoms with Gasteiger partial charge >= 0.3 is 6.16 Å². The van der Waals surface area contributed by atoms with Crippen molar-refractivity contribution in [3.05, 3.63) is 87.4 Å². The summed E-state index contributed by atoms with van der Waals surface area (Å²) < 4.78 is 16.4. The van der Waals surface area contributed by atoms with E-state index in [4.69, 9.17) is 42.5 Å². The second-order valence-electron chi connectivity index (χ2n) is 8.14. The second kappa shape index (κ2) is 11.5. The number of hydrogen-bond donors (Lipinski definition) is 3. The molecule has 1 aliphatic rings. The molecule has 3 N–H and O–H groups in total. The van der Waals surface area contributed by atoms with E-state index in [0.29, 0.717) is 52.8 Å². The summed E-state index contributed by atoms with van der Waals surface area (Å²) in [5.74, 6) is 0.840. The van der Waals surface area contributed by atoms with Gasteiger partial charge in [0.15, 0.2) is 0 Å². The fourth-order valence-electron chi connectivity index (χ4n) is 3.82. The van der Waals surface area contributed by atoms with Gasteiger partial charge in [-0.25, -0.2) is 4.79 Å². The molecule has 3 aromatic rings. The first-order valence-electron chi connectivity index (χ1n) is 11.1. The van der Waals surface area contributed by atoms with Crippen LogP contribution in [0.25, 0.3) is 0 Å². The number of hydrogen-bond acceptors (Lipinski definition) is 6. The van der Waals surface area contributed by atoms with Crippen LogP contribution in [0.3, 0.4) is 0 Å². The third-order valence-electron chi connectivity index (χ3n) is 5.59. The summed E-state index contributed by atoms with van der Waals surface area (Å²) in [7, 11) is 0. The van der Waals surface area contributed by atoms with Crippen molar-refractivity contribution in [2.45, 2.75) is 25.0 Å². The van der Waals surface area contributed by atoms with Crippen LogP contribution in [0.1, 0.15) is 34.0 Å². The predicted molar refractivity (Wildman–Crippen MR) is 133 cm³/mol. The molecule has 2 atom stereocenters. The van der Waals surface area contributed by atoms with Crippen molar-refractivity contribution in [3.63, 3.8) is 0 Å². The number of aliphatic hydroxyl groups is 1. The molecule has 0 radical (unpaired) electrons. The molecule has 0 fully saturated rings. The number of ether oxygens (including phenoxy) is 3. The number of amides is 1. The smallest absolute Gasteiger partial charge is 0.493 e. The molecule has 0 saturated carbocycles. The monoisotopic (exact) mass is 531 g/mol. The van der Waals surface area contributed by atoms with Gasteiger partial charge in [0.05, 0.1) is 24.3 Å². The molecule has 188 valence electrons. The molecule has 2 unspecified atom stereocenters. The zero-order valence-electron chi connectivity index (χ0n) is 18.9. The highest BCUT2D eigenvalue weighted by molar-refractivity contribution is 6.32. The number of rotatable bonds is 8. The van der Waals surface area contributed by atoms with E-state index in [1.165, 1.54) is 0 Å². The molecule has 1 aliphatic heterocycles. The molecule has 3 aromatic carbocycles. The quantitative estimate of drug-likeness (QED) is 0.322. The molecular weight excluding hydrogens is 509 g/mol. The molecule has 36 heavy (non-hydrogen) atoms. The highest BCUT2D eigenvalue weighted by Crippen LogP contribution is 2.42. The summed E-state index contributed by atoms with van der Waals surface area (Å²) in [5, 5.41) is 22.3. The normalized spacial score (nSPS) is 15.2. The van der Waals surface area contributed by atoms with Crippen LogP contribution in [0.5, 0.6) is 17.2 Å². The predicted octanol–water partition coefficient (Wildman–Crippen LogP) is 5.64. The second-order valence-corrected chi connectivity index (χ2v) is 8.98. The van der Waals surface area contributed by atoms with E-state index in [9.17, 15) is 14.7 Å². The highest BCUT2D eigenvalue weighted by atomic mass is 35.5. The van der Waals surface area contributed by atoms with Crippen molar-refractivity contribution in [1.82, 2.24) is 5.32 Å². The molecule has 0 aliphatic carbocycles. The molecule has 0 saturated heterocycles. The van der Waals surface area contributed by atoms with E-state index < -0.39 is 18.3 Å². The first-order chi connectivity index (χ1) is 17.3. The van der Waals surface area contributed by atoms with Crippen molar-refractivity contribution in [2.24, 2.45) is 0 Å². The molecule has 0 bridgehead atoms. The standard InChI is InChI=1S/C26H23Cl2NO7/c27-17-5-1-15(2-6-17)11-18(14-30)29-25(31)16-3-7-19(8-4-16)35-24-13-23-20(12-21(24)28)22(9-10-34-23)36-26(32)33/h1-8,12-13,18,22,30H,9-11,14H2,(H,29,31)(H,32,33). The average molecular weight is 532 g/mol. The number of carbonyl (C=O) groups is 2. The molecular formula is C26H23Cl2NO7. The molecule has 8 nitrogen and oxygen atoms in total. The van der Waals surface area contributed by atoms with Gasteiger partial charge < -0.3 is 29.7 Å². The minimum Gasteiger partial charge on any atom is -0.493 e. The largest absolute Gasteiger partial charge is 0.506 e. The Labute approximate surface area is 217 Å². The lowest BCUT2D eigenvalue weighted by Crippen LogP contribution is -2.39. The van der Waals surface area contributed by atoms with Gasteiger partial charge in [-0.05, 0) is 54.4 Å². The van der Waals surface area contributed by atoms with E-state index in [-0.39, 0.29) is 17.5 Å². The molecule has 10 heteroatoms. The Balaban J connectivity index is 1.41. The lowest BCUT2D eigenvalue weighted by Gasteiger charge is -2.25. The van der Waals surface area contributed by atoms with Crippen LogP contribution < -0.4 is 14.8 Å². The molecule has 0 aromatic heterocycles. The third kappa shape index (κ3) is 6.40. The van der Waals surface area contributed by atoms with E-state index in [1.54, 1.807) is 48.5 Å². The van der Waals surface area contributed by atoms with Gasteiger partial charge in [0.1, 0.15) is 23.4 Å². The van der Waals surface area contributed by atoms with E-state index in [0.717, 1.165) is 5.56 Å². The Hall–Kier alpha value is -3.46. The number of benzene rings is 3. The minimum absolute atomic E-state index is 0.215. The van der Waals surface area contributed by atoms with Crippen LogP contribution in [0.4, 0.5) is 4.79 Å². The molecule has 1 heterocycles. The topological polar surface area (TPSA) is 114 Å². The first-order valence-corrected chi connectivity index (χ1v) is 11.9. The van der Waals surface area contributed by atoms with E-state index in [2.05, 4.69) is 5.32 Å². The number of fused-ring (bicyclic) bond motifs is 1. The van der Waals surface area contributed by atoms with Gasteiger partial charge in [-0.15, -0.1) is 0 Å². The Morgan fingerprint density at radius 3 is 2.47 bits per heavy atom. The van der Waals surface area contributed by atoms with Crippen molar-refractivity contribution in [3.8, 4) is 17.2 Å². The Bertz CT molecular complexity index is 1230. The number of nitrogens with one attached hydrogen (secondary N) is 1. The highest BCUT2D eigenvalue weighted by Gasteiger charge is 2.27. The lowest BCUT2D eigenvalue weighted by atomic mass is 10.0. The van der Waals surface area contributed by atoms with Crippen LogP contribution in [0.2, 0.25) is 10.0 Å². The van der Waals surface area contributed by atoms with Crippen molar-refractivity contribution in [1.29, 1.82) is 0 Å². The molecule has 1 amide bonds. The van der Waals surface area contributed by atoms with Crippen LogP contribution in [0.15, 0.2) is 60.7 Å². The summed E-state index contributed by atoms with van der Waals surface area (Å²) >= 11 is 12.3. The molecule has 0 spiro atoms. The summed E-state index contributed by atoms with van der Waals surface area (Å²) in [6.45, 7) is 0.0789. The van der Waals surface area contributed by atoms with Crippen LogP contribution in [-0.4, -0.2) is 41.5 Å². The average Bonchev–Trinajstić information content (AvgIpc) is 2.86. The van der Waals surface area contributed by atoms with Gasteiger partial charge in [0.2, 0.25) is 0 Å². The Morgan fingerprint density at radius 2 is 1.81 bits per heavy atom. The maximum absolute atomic E-state index is 12.7. The maximum Gasteiger partial charge on any atom is 0.506 e. The van der Waals surface area contributed by atoms with Gasteiger partial charge in [0, 0.05) is 28.6 Å². The van der Waals surface area contributed by atoms with Gasteiger partial charge in [0.25, 0.3) is 5.91 Å². The zero-order valence-corrected chi connectivity index (χ0v) is 20.5. The van der Waals surface area contributed by atoms with Gasteiger partial charge in [-0.2, -0.15) is 0 Å². The lowest BCUT2D eigenvalue weighted by molar-refractivity contribution is 0.0326. The van der Waals surface area contributed by atoms with Gasteiger partial charge in [-0.1, -0.05) is 35.3 Å². The SMILES string of the molecule is O=C(O)OC1CCOc2cc(Oc3ccc(C(=O)NC(CO)Cc4ccc(Cl)cc4)cc3)c(Cl)cc21. The summed E-state index contributed by atoms with van der Waals surface area (Å²) in [4.78, 5) is 23.6. The number of carboxylic acid groups (broad SMARTS) is 1. The molecule has 4 rings (SSSR count). The summed E-state index contributed by atoms with van der Waals surface area (Å²) in [5.41, 5.74) is 1.87. The maximum atomic E-state index is 12.7. The van der Waals surface area contributed by atoms with Crippen molar-refractivity contribution < 1.29 is 34.0 Å². The zero-order chi connectivity index (χ0) is 25.7. The fourth-order valence-corrected chi connectivity index (χ4v) is 4.15. The minimum atomic E-state index is -1.37. The third-order valence-corrected chi connectivity index (χ3v) is 6.13. The first kappa shape index (κ1) is 25.6. The fraction of sp³-hybridized carbons (Fsp3) is 0.231. The van der Waals surface area contributed by atoms with Crippen LogP contribution >= 0.6 is 23.2 Å². The van der Waals surface area contributed by atoms with E-state index >= 15 is 0 Å². The van der Waals surface area contributed by atoms with Crippen LogP contribution in [0, 0.1) is 0 Å². The Kier molecular flexibility index (Phi) is 8.20. The van der Waals surface area contributed by atoms with Crippen molar-refractivity contribution in [2.75, 3.05) is 13.2 Å². The van der Waals surface area contributed by atoms with Crippen molar-refractivity contribution >= 4 is 35.3 Å². The summed E-state index contributed by atoms with van der Waals surface area (Å²) in [6.07, 6.45) is -1.20. The Morgan fingerprint density at radius 1 is 1.08 bits per heavy atom. The number of carbonyl (C=O) groups excluding carboxylic acids is 1.